The molecule has 3 heteroatoms. The van der Waals surface area contributed by atoms with Crippen LogP contribution in [0.1, 0.15) is 24.2 Å². The Morgan fingerprint density at radius 1 is 1.25 bits per heavy atom. The van der Waals surface area contributed by atoms with Crippen molar-refractivity contribution in [3.05, 3.63) is 35.9 Å². The molecule has 82 valence electrons. The van der Waals surface area contributed by atoms with E-state index in [1.54, 1.807) is 31.2 Å². The van der Waals surface area contributed by atoms with Crippen LogP contribution < -0.4 is 0 Å². The van der Waals surface area contributed by atoms with Gasteiger partial charge in [0.1, 0.15) is 11.7 Å². The highest BCUT2D eigenvalue weighted by atomic mass is 16.1. The zero-order chi connectivity index (χ0) is 12.1. The maximum Gasteiger partial charge on any atom is 0.167 e. The second-order valence-electron chi connectivity index (χ2n) is 3.74. The molecule has 0 saturated heterocycles. The van der Waals surface area contributed by atoms with Gasteiger partial charge in [0.15, 0.2) is 5.78 Å². The lowest BCUT2D eigenvalue weighted by molar-refractivity contribution is -0.120. The van der Waals surface area contributed by atoms with Crippen LogP contribution in [0.15, 0.2) is 30.3 Å². The van der Waals surface area contributed by atoms with Gasteiger partial charge in [-0.2, -0.15) is 5.26 Å². The van der Waals surface area contributed by atoms with Crippen LogP contribution in [0.5, 0.6) is 0 Å². The van der Waals surface area contributed by atoms with Crippen molar-refractivity contribution >= 4 is 11.6 Å². The van der Waals surface area contributed by atoms with Crippen LogP contribution in [0, 0.1) is 23.2 Å². The summed E-state index contributed by atoms with van der Waals surface area (Å²) >= 11 is 0. The molecular formula is C13H13NO2. The van der Waals surface area contributed by atoms with Gasteiger partial charge in [0.2, 0.25) is 0 Å². The van der Waals surface area contributed by atoms with Crippen molar-refractivity contribution in [3.63, 3.8) is 0 Å². The lowest BCUT2D eigenvalue weighted by Crippen LogP contribution is -2.25. The fraction of sp³-hybridized carbons (Fsp3) is 0.308. The first-order valence-corrected chi connectivity index (χ1v) is 5.07. The highest BCUT2D eigenvalue weighted by Crippen LogP contribution is 2.17. The Hall–Kier alpha value is -1.95. The highest BCUT2D eigenvalue weighted by molar-refractivity contribution is 6.00. The standard InChI is InChI=1S/C13H13NO2/c1-9(12(8-14)10(2)15)13(16)11-6-4-3-5-7-11/h3-7,9,12H,1-2H3. The maximum atomic E-state index is 11.9. The third kappa shape index (κ3) is 2.54. The van der Waals surface area contributed by atoms with E-state index in [-0.39, 0.29) is 11.6 Å². The Bertz CT molecular complexity index is 431. The Labute approximate surface area is 94.7 Å². The SMILES string of the molecule is CC(=O)C(C#N)C(C)C(=O)c1ccccc1. The molecule has 2 atom stereocenters. The largest absolute Gasteiger partial charge is 0.299 e. The molecule has 1 aromatic rings. The molecule has 0 fully saturated rings. The summed E-state index contributed by atoms with van der Waals surface area (Å²) in [5.74, 6) is -1.88. The van der Waals surface area contributed by atoms with Crippen molar-refractivity contribution in [2.24, 2.45) is 11.8 Å². The van der Waals surface area contributed by atoms with Gasteiger partial charge in [-0.05, 0) is 6.92 Å². The molecule has 0 radical (unpaired) electrons. The molecule has 0 N–H and O–H groups in total. The average molecular weight is 215 g/mol. The summed E-state index contributed by atoms with van der Waals surface area (Å²) in [6.07, 6.45) is 0. The molecule has 1 rings (SSSR count). The molecule has 0 saturated carbocycles. The lowest BCUT2D eigenvalue weighted by atomic mass is 9.86. The molecule has 2 unspecified atom stereocenters. The third-order valence-electron chi connectivity index (χ3n) is 2.55. The molecule has 0 aromatic heterocycles. The number of rotatable bonds is 4. The Morgan fingerprint density at radius 3 is 2.25 bits per heavy atom. The van der Waals surface area contributed by atoms with Gasteiger partial charge < -0.3 is 0 Å². The summed E-state index contributed by atoms with van der Waals surface area (Å²) in [7, 11) is 0. The Balaban J connectivity index is 2.91. The van der Waals surface area contributed by atoms with Crippen LogP contribution in [0.4, 0.5) is 0 Å². The second kappa shape index (κ2) is 5.22. The third-order valence-corrected chi connectivity index (χ3v) is 2.55. The zero-order valence-corrected chi connectivity index (χ0v) is 9.31. The van der Waals surface area contributed by atoms with Gasteiger partial charge in [-0.15, -0.1) is 0 Å². The first-order chi connectivity index (χ1) is 7.57. The van der Waals surface area contributed by atoms with Crippen LogP contribution >= 0.6 is 0 Å². The summed E-state index contributed by atoms with van der Waals surface area (Å²) in [5, 5.41) is 8.84. The average Bonchev–Trinajstić information content (AvgIpc) is 2.29. The fourth-order valence-corrected chi connectivity index (χ4v) is 1.57. The van der Waals surface area contributed by atoms with Crippen molar-refractivity contribution in [3.8, 4) is 6.07 Å². The van der Waals surface area contributed by atoms with Gasteiger partial charge >= 0.3 is 0 Å². The normalized spacial score (nSPS) is 13.6. The van der Waals surface area contributed by atoms with Crippen molar-refractivity contribution < 1.29 is 9.59 Å². The van der Waals surface area contributed by atoms with E-state index in [1.165, 1.54) is 6.92 Å². The minimum Gasteiger partial charge on any atom is -0.299 e. The monoisotopic (exact) mass is 215 g/mol. The first-order valence-electron chi connectivity index (χ1n) is 5.07. The zero-order valence-electron chi connectivity index (χ0n) is 9.31. The number of nitriles is 1. The molecule has 0 amide bonds. The molecule has 0 aliphatic carbocycles. The van der Waals surface area contributed by atoms with Gasteiger partial charge in [0, 0.05) is 11.5 Å². The van der Waals surface area contributed by atoms with Crippen LogP contribution in [-0.2, 0) is 4.79 Å². The topological polar surface area (TPSA) is 57.9 Å². The number of hydrogen-bond acceptors (Lipinski definition) is 3. The van der Waals surface area contributed by atoms with Gasteiger partial charge in [0.25, 0.3) is 0 Å². The van der Waals surface area contributed by atoms with E-state index < -0.39 is 11.8 Å². The number of Topliss-reactive ketones (excluding diaryl/α,β-unsaturated/α-hetero) is 2. The van der Waals surface area contributed by atoms with E-state index in [0.717, 1.165) is 0 Å². The molecule has 0 bridgehead atoms. The van der Waals surface area contributed by atoms with Gasteiger partial charge in [-0.1, -0.05) is 37.3 Å². The van der Waals surface area contributed by atoms with Crippen molar-refractivity contribution in [1.82, 2.24) is 0 Å². The second-order valence-corrected chi connectivity index (χ2v) is 3.74. The van der Waals surface area contributed by atoms with Gasteiger partial charge in [0.05, 0.1) is 6.07 Å². The smallest absolute Gasteiger partial charge is 0.167 e. The van der Waals surface area contributed by atoms with E-state index in [0.29, 0.717) is 5.56 Å². The Kier molecular flexibility index (Phi) is 3.96. The van der Waals surface area contributed by atoms with E-state index in [2.05, 4.69) is 0 Å². The molecule has 1 aromatic carbocycles. The van der Waals surface area contributed by atoms with Crippen molar-refractivity contribution in [1.29, 1.82) is 5.26 Å². The predicted octanol–water partition coefficient (Wildman–Crippen LogP) is 2.23. The Morgan fingerprint density at radius 2 is 1.81 bits per heavy atom. The quantitative estimate of drug-likeness (QED) is 0.723. The van der Waals surface area contributed by atoms with Gasteiger partial charge in [-0.25, -0.2) is 0 Å². The van der Waals surface area contributed by atoms with Crippen LogP contribution in [0.25, 0.3) is 0 Å². The summed E-state index contributed by atoms with van der Waals surface area (Å²) in [6.45, 7) is 2.95. The summed E-state index contributed by atoms with van der Waals surface area (Å²) in [4.78, 5) is 23.1. The number of carbonyl (C=O) groups is 2. The molecular weight excluding hydrogens is 202 g/mol. The van der Waals surface area contributed by atoms with E-state index in [4.69, 9.17) is 5.26 Å². The van der Waals surface area contributed by atoms with Crippen LogP contribution in [0.3, 0.4) is 0 Å². The summed E-state index contributed by atoms with van der Waals surface area (Å²) in [6, 6.07) is 10.6. The van der Waals surface area contributed by atoms with E-state index in [1.807, 2.05) is 12.1 Å². The van der Waals surface area contributed by atoms with E-state index >= 15 is 0 Å². The van der Waals surface area contributed by atoms with Crippen molar-refractivity contribution in [2.45, 2.75) is 13.8 Å². The van der Waals surface area contributed by atoms with Crippen molar-refractivity contribution in [2.75, 3.05) is 0 Å². The lowest BCUT2D eigenvalue weighted by Gasteiger charge is -2.13. The molecule has 0 spiro atoms. The maximum absolute atomic E-state index is 11.9. The molecule has 16 heavy (non-hydrogen) atoms. The highest BCUT2D eigenvalue weighted by Gasteiger charge is 2.27. The summed E-state index contributed by atoms with van der Waals surface area (Å²) < 4.78 is 0. The molecule has 0 aliphatic heterocycles. The van der Waals surface area contributed by atoms with Crippen LogP contribution in [0.2, 0.25) is 0 Å². The number of benzene rings is 1. The number of ketones is 2. The number of nitrogens with zero attached hydrogens (tertiary/aromatic N) is 1. The number of hydrogen-bond donors (Lipinski definition) is 0. The predicted molar refractivity (Wildman–Crippen MR) is 59.7 cm³/mol. The molecule has 3 nitrogen and oxygen atoms in total. The first kappa shape index (κ1) is 12.1. The minimum absolute atomic E-state index is 0.164. The molecule has 0 aliphatic rings. The fourth-order valence-electron chi connectivity index (χ4n) is 1.57. The summed E-state index contributed by atoms with van der Waals surface area (Å²) in [5.41, 5.74) is 0.538. The molecule has 0 heterocycles. The minimum atomic E-state index is -0.854. The van der Waals surface area contributed by atoms with Gasteiger partial charge in [-0.3, -0.25) is 9.59 Å². The van der Waals surface area contributed by atoms with E-state index in [9.17, 15) is 9.59 Å². The number of carbonyl (C=O) groups excluding carboxylic acids is 2. The van der Waals surface area contributed by atoms with Crippen LogP contribution in [-0.4, -0.2) is 11.6 Å².